The molecule has 0 saturated carbocycles. The first kappa shape index (κ1) is 21.0. The van der Waals surface area contributed by atoms with E-state index in [-0.39, 0.29) is 30.6 Å². The van der Waals surface area contributed by atoms with Crippen molar-refractivity contribution in [2.24, 2.45) is 0 Å². The number of para-hydroxylation sites is 2. The van der Waals surface area contributed by atoms with Gasteiger partial charge in [0.25, 0.3) is 0 Å². The smallest absolute Gasteiger partial charge is 0.243 e. The maximum Gasteiger partial charge on any atom is 0.243 e. The van der Waals surface area contributed by atoms with Gasteiger partial charge in [-0.15, -0.1) is 0 Å². The van der Waals surface area contributed by atoms with Crippen LogP contribution in [0.4, 0.5) is 5.69 Å². The lowest BCUT2D eigenvalue weighted by molar-refractivity contribution is -0.124. The van der Waals surface area contributed by atoms with Gasteiger partial charge in [-0.2, -0.15) is 0 Å². The molecule has 3 rings (SSSR count). The highest BCUT2D eigenvalue weighted by atomic mass is 79.9. The van der Waals surface area contributed by atoms with Crippen molar-refractivity contribution in [1.82, 2.24) is 14.9 Å². The number of carbonyl (C=O) groups is 2. The molecule has 152 valence electrons. The predicted octanol–water partition coefficient (Wildman–Crippen LogP) is 2.10. The molecule has 0 radical (unpaired) electrons. The van der Waals surface area contributed by atoms with Crippen LogP contribution in [-0.2, 0) is 31.7 Å². The molecule has 1 heterocycles. The monoisotopic (exact) mass is 478 g/mol. The number of aromatic nitrogens is 2. The highest BCUT2D eigenvalue weighted by molar-refractivity contribution is 9.10. The summed E-state index contributed by atoms with van der Waals surface area (Å²) in [6.07, 6.45) is 1.11. The second kappa shape index (κ2) is 8.75. The summed E-state index contributed by atoms with van der Waals surface area (Å²) in [5, 5.41) is 5.23. The van der Waals surface area contributed by atoms with E-state index >= 15 is 0 Å². The van der Waals surface area contributed by atoms with E-state index in [2.05, 4.69) is 31.5 Å². The molecule has 8 nitrogen and oxygen atoms in total. The zero-order chi connectivity index (χ0) is 21.0. The van der Waals surface area contributed by atoms with Crippen molar-refractivity contribution < 1.29 is 18.0 Å². The molecule has 0 saturated heterocycles. The molecule has 0 aliphatic rings. The summed E-state index contributed by atoms with van der Waals surface area (Å²) < 4.78 is 25.9. The Morgan fingerprint density at radius 1 is 1.07 bits per heavy atom. The second-order valence-electron chi connectivity index (χ2n) is 6.50. The van der Waals surface area contributed by atoms with Gasteiger partial charge < -0.3 is 15.2 Å². The van der Waals surface area contributed by atoms with Gasteiger partial charge in [0.15, 0.2) is 9.84 Å². The molecular weight excluding hydrogens is 460 g/mol. The largest absolute Gasteiger partial charge is 0.345 e. The lowest BCUT2D eigenvalue weighted by Crippen LogP contribution is -2.35. The van der Waals surface area contributed by atoms with E-state index in [0.717, 1.165) is 10.7 Å². The van der Waals surface area contributed by atoms with Gasteiger partial charge in [-0.1, -0.05) is 28.1 Å². The van der Waals surface area contributed by atoms with Gasteiger partial charge in [-0.3, -0.25) is 9.59 Å². The summed E-state index contributed by atoms with van der Waals surface area (Å²) in [6, 6.07) is 14.1. The summed E-state index contributed by atoms with van der Waals surface area (Å²) in [5.74, 6) is -0.788. The van der Waals surface area contributed by atoms with Crippen molar-refractivity contribution in [1.29, 1.82) is 0 Å². The highest BCUT2D eigenvalue weighted by Gasteiger charge is 2.17. The van der Waals surface area contributed by atoms with Gasteiger partial charge >= 0.3 is 0 Å². The summed E-state index contributed by atoms with van der Waals surface area (Å²) in [4.78, 5) is 28.7. The van der Waals surface area contributed by atoms with Crippen LogP contribution in [0.25, 0.3) is 11.0 Å². The Kier molecular flexibility index (Phi) is 6.33. The molecule has 1 aromatic heterocycles. The minimum Gasteiger partial charge on any atom is -0.345 e. The highest BCUT2D eigenvalue weighted by Crippen LogP contribution is 2.17. The molecule has 0 atom stereocenters. The zero-order valence-electron chi connectivity index (χ0n) is 15.6. The topological polar surface area (TPSA) is 110 Å². The van der Waals surface area contributed by atoms with Crippen molar-refractivity contribution in [3.8, 4) is 0 Å². The second-order valence-corrected chi connectivity index (χ2v) is 9.56. The fourth-order valence-corrected chi connectivity index (χ4v) is 3.72. The average Bonchev–Trinajstić information content (AvgIpc) is 2.97. The van der Waals surface area contributed by atoms with Gasteiger partial charge in [-0.05, 0) is 36.4 Å². The summed E-state index contributed by atoms with van der Waals surface area (Å²) in [6.45, 7) is -0.347. The van der Waals surface area contributed by atoms with E-state index in [1.807, 2.05) is 0 Å². The molecule has 0 unspecified atom stereocenters. The van der Waals surface area contributed by atoms with Crippen LogP contribution in [0.1, 0.15) is 5.82 Å². The summed E-state index contributed by atoms with van der Waals surface area (Å²) in [7, 11) is -3.33. The van der Waals surface area contributed by atoms with E-state index in [0.29, 0.717) is 16.7 Å². The lowest BCUT2D eigenvalue weighted by Gasteiger charge is -2.10. The Labute approximate surface area is 176 Å². The van der Waals surface area contributed by atoms with Crippen LogP contribution in [0.15, 0.2) is 53.0 Å². The van der Waals surface area contributed by atoms with E-state index in [1.165, 1.54) is 0 Å². The summed E-state index contributed by atoms with van der Waals surface area (Å²) in [5.41, 5.74) is 1.87. The van der Waals surface area contributed by atoms with Gasteiger partial charge in [0.2, 0.25) is 11.8 Å². The van der Waals surface area contributed by atoms with Crippen LogP contribution in [0, 0.1) is 0 Å². The molecule has 3 aromatic rings. The minimum absolute atomic E-state index is 0.142. The maximum absolute atomic E-state index is 12.4. The van der Waals surface area contributed by atoms with Crippen molar-refractivity contribution in [2.75, 3.05) is 18.1 Å². The van der Waals surface area contributed by atoms with Crippen LogP contribution in [0.2, 0.25) is 0 Å². The normalized spacial score (nSPS) is 11.4. The lowest BCUT2D eigenvalue weighted by atomic mass is 10.3. The number of benzene rings is 2. The van der Waals surface area contributed by atoms with E-state index in [9.17, 15) is 18.0 Å². The van der Waals surface area contributed by atoms with Crippen LogP contribution >= 0.6 is 15.9 Å². The third kappa shape index (κ3) is 5.88. The summed E-state index contributed by atoms with van der Waals surface area (Å²) >= 11 is 3.32. The van der Waals surface area contributed by atoms with Crippen molar-refractivity contribution in [3.63, 3.8) is 0 Å². The average molecular weight is 479 g/mol. The molecule has 2 aromatic carbocycles. The quantitative estimate of drug-likeness (QED) is 0.540. The molecule has 29 heavy (non-hydrogen) atoms. The van der Waals surface area contributed by atoms with Crippen LogP contribution in [0.5, 0.6) is 0 Å². The van der Waals surface area contributed by atoms with Gasteiger partial charge in [0.1, 0.15) is 18.1 Å². The maximum atomic E-state index is 12.4. The number of hydrogen-bond acceptors (Lipinski definition) is 5. The van der Waals surface area contributed by atoms with Crippen molar-refractivity contribution >= 4 is 54.3 Å². The third-order valence-corrected chi connectivity index (χ3v) is 5.31. The van der Waals surface area contributed by atoms with Crippen LogP contribution < -0.4 is 10.6 Å². The predicted molar refractivity (Wildman–Crippen MR) is 114 cm³/mol. The first-order chi connectivity index (χ1) is 13.7. The molecule has 10 heteroatoms. The molecule has 2 N–H and O–H groups in total. The molecule has 0 spiro atoms. The van der Waals surface area contributed by atoms with Gasteiger partial charge in [0, 0.05) is 16.4 Å². The fourth-order valence-electron chi connectivity index (χ4n) is 2.76. The minimum atomic E-state index is -3.33. The third-order valence-electron chi connectivity index (χ3n) is 4.00. The zero-order valence-corrected chi connectivity index (χ0v) is 18.0. The molecule has 0 aliphatic carbocycles. The van der Waals surface area contributed by atoms with Crippen LogP contribution in [-0.4, -0.2) is 42.6 Å². The number of hydrogen-bond donors (Lipinski definition) is 2. The van der Waals surface area contributed by atoms with Crippen molar-refractivity contribution in [3.05, 3.63) is 58.8 Å². The molecule has 0 bridgehead atoms. The first-order valence-electron chi connectivity index (χ1n) is 8.65. The standard InChI is InChI=1S/C19H19BrN4O4S/c1-29(27,28)12-17-23-15-4-2-3-5-16(15)24(17)11-19(26)21-10-18(25)22-14-8-6-13(20)7-9-14/h2-9H,10-12H2,1H3,(H,21,26)(H,22,25). The number of anilines is 1. The molecular formula is C19H19BrN4O4S. The SMILES string of the molecule is CS(=O)(=O)Cc1nc2ccccc2n1CC(=O)NCC(=O)Nc1ccc(Br)cc1. The molecule has 0 aliphatic heterocycles. The van der Waals surface area contributed by atoms with E-state index < -0.39 is 15.7 Å². The Hall–Kier alpha value is -2.72. The molecule has 0 fully saturated rings. The fraction of sp³-hybridized carbons (Fsp3) is 0.211. The number of imidazole rings is 1. The number of carbonyl (C=O) groups excluding carboxylic acids is 2. The van der Waals surface area contributed by atoms with E-state index in [1.54, 1.807) is 53.1 Å². The van der Waals surface area contributed by atoms with Gasteiger partial charge in [-0.25, -0.2) is 13.4 Å². The Balaban J connectivity index is 1.67. The number of fused-ring (bicyclic) bond motifs is 1. The Morgan fingerprint density at radius 3 is 2.45 bits per heavy atom. The first-order valence-corrected chi connectivity index (χ1v) is 11.5. The Morgan fingerprint density at radius 2 is 1.76 bits per heavy atom. The number of halogens is 1. The Bertz CT molecular complexity index is 1160. The van der Waals surface area contributed by atoms with Gasteiger partial charge in [0.05, 0.1) is 17.6 Å². The number of amides is 2. The van der Waals surface area contributed by atoms with E-state index in [4.69, 9.17) is 0 Å². The number of sulfone groups is 1. The van der Waals surface area contributed by atoms with Crippen LogP contribution in [0.3, 0.4) is 0 Å². The number of rotatable bonds is 7. The molecule has 2 amide bonds. The van der Waals surface area contributed by atoms with Crippen molar-refractivity contribution in [2.45, 2.75) is 12.3 Å². The number of nitrogens with one attached hydrogen (secondary N) is 2. The number of nitrogens with zero attached hydrogens (tertiary/aromatic N) is 2.